The molecule has 0 unspecified atom stereocenters. The summed E-state index contributed by atoms with van der Waals surface area (Å²) in [4.78, 5) is 25.9. The van der Waals surface area contributed by atoms with E-state index in [9.17, 15) is 9.59 Å². The van der Waals surface area contributed by atoms with Crippen LogP contribution in [-0.4, -0.2) is 42.1 Å². The third kappa shape index (κ3) is 3.10. The standard InChI is InChI=1S/C19H23ClN2O3/c1-12-2-3-14(8-16(12)20)13-4-6-22(7-5-13)17(23)15-9-19(10-15)11-25-18(24)21-19/h2-3,8,13,15H,4-7,9-11H2,1H3,(H,21,24). The molecule has 1 aliphatic carbocycles. The average molecular weight is 363 g/mol. The summed E-state index contributed by atoms with van der Waals surface area (Å²) in [6.07, 6.45) is 2.99. The SMILES string of the molecule is Cc1ccc(C2CCN(C(=O)C3CC4(COC(=O)N4)C3)CC2)cc1Cl. The molecule has 2 heterocycles. The lowest BCUT2D eigenvalue weighted by Crippen LogP contribution is -2.58. The topological polar surface area (TPSA) is 58.6 Å². The average Bonchev–Trinajstić information content (AvgIpc) is 2.98. The van der Waals surface area contributed by atoms with Crippen molar-refractivity contribution in [2.24, 2.45) is 5.92 Å². The number of aryl methyl sites for hydroxylation is 1. The Morgan fingerprint density at radius 3 is 2.64 bits per heavy atom. The number of ether oxygens (including phenoxy) is 1. The number of halogens is 1. The number of cyclic esters (lactones) is 1. The first-order valence-electron chi connectivity index (χ1n) is 8.96. The summed E-state index contributed by atoms with van der Waals surface area (Å²) in [6.45, 7) is 3.99. The summed E-state index contributed by atoms with van der Waals surface area (Å²) >= 11 is 6.25. The summed E-state index contributed by atoms with van der Waals surface area (Å²) in [5, 5.41) is 3.66. The van der Waals surface area contributed by atoms with Crippen LogP contribution in [0.3, 0.4) is 0 Å². The van der Waals surface area contributed by atoms with Gasteiger partial charge in [-0.05, 0) is 55.7 Å². The summed E-state index contributed by atoms with van der Waals surface area (Å²) in [6, 6.07) is 6.29. The zero-order valence-corrected chi connectivity index (χ0v) is 15.1. The Kier molecular flexibility index (Phi) is 4.14. The number of amides is 2. The van der Waals surface area contributed by atoms with Crippen LogP contribution >= 0.6 is 11.6 Å². The summed E-state index contributed by atoms with van der Waals surface area (Å²) in [7, 11) is 0. The number of likely N-dealkylation sites (tertiary alicyclic amines) is 1. The molecule has 1 spiro atoms. The predicted molar refractivity (Wildman–Crippen MR) is 94.7 cm³/mol. The maximum atomic E-state index is 12.7. The van der Waals surface area contributed by atoms with Crippen LogP contribution in [0, 0.1) is 12.8 Å². The molecule has 1 N–H and O–H groups in total. The van der Waals surface area contributed by atoms with Gasteiger partial charge in [0.2, 0.25) is 5.91 Å². The maximum absolute atomic E-state index is 12.7. The lowest BCUT2D eigenvalue weighted by Gasteiger charge is -2.45. The number of piperidine rings is 1. The molecule has 1 aromatic rings. The van der Waals surface area contributed by atoms with Crippen LogP contribution in [0.5, 0.6) is 0 Å². The number of hydrogen-bond acceptors (Lipinski definition) is 3. The highest BCUT2D eigenvalue weighted by Gasteiger charge is 2.53. The van der Waals surface area contributed by atoms with Crippen molar-refractivity contribution in [1.29, 1.82) is 0 Å². The van der Waals surface area contributed by atoms with Gasteiger partial charge in [-0.2, -0.15) is 0 Å². The van der Waals surface area contributed by atoms with Gasteiger partial charge in [0.25, 0.3) is 0 Å². The molecule has 2 saturated heterocycles. The Bertz CT molecular complexity index is 707. The fraction of sp³-hybridized carbons (Fsp3) is 0.579. The van der Waals surface area contributed by atoms with Crippen LogP contribution in [0.25, 0.3) is 0 Å². The van der Waals surface area contributed by atoms with E-state index in [1.54, 1.807) is 0 Å². The number of nitrogens with one attached hydrogen (secondary N) is 1. The molecule has 6 heteroatoms. The normalized spacial score (nSPS) is 29.3. The number of carbonyl (C=O) groups is 2. The van der Waals surface area contributed by atoms with Gasteiger partial charge in [-0.1, -0.05) is 23.7 Å². The minimum absolute atomic E-state index is 0.0207. The molecule has 0 bridgehead atoms. The van der Waals surface area contributed by atoms with Crippen molar-refractivity contribution in [2.45, 2.75) is 44.1 Å². The molecule has 134 valence electrons. The number of alkyl carbamates (subject to hydrolysis) is 1. The van der Waals surface area contributed by atoms with Gasteiger partial charge in [0.05, 0.1) is 5.54 Å². The first-order valence-corrected chi connectivity index (χ1v) is 9.33. The number of nitrogens with zero attached hydrogens (tertiary/aromatic N) is 1. The van der Waals surface area contributed by atoms with Gasteiger partial charge >= 0.3 is 6.09 Å². The second-order valence-electron chi connectivity index (χ2n) is 7.69. The Hall–Kier alpha value is -1.75. The zero-order valence-electron chi connectivity index (χ0n) is 14.4. The van der Waals surface area contributed by atoms with E-state index in [1.165, 1.54) is 5.56 Å². The lowest BCUT2D eigenvalue weighted by atomic mass is 9.68. The van der Waals surface area contributed by atoms with E-state index < -0.39 is 0 Å². The Balaban J connectivity index is 1.31. The van der Waals surface area contributed by atoms with Crippen molar-refractivity contribution < 1.29 is 14.3 Å². The fourth-order valence-corrected chi connectivity index (χ4v) is 4.51. The first kappa shape index (κ1) is 16.7. The van der Waals surface area contributed by atoms with E-state index in [0.29, 0.717) is 25.4 Å². The second kappa shape index (κ2) is 6.20. The van der Waals surface area contributed by atoms with Crippen molar-refractivity contribution in [3.05, 3.63) is 34.3 Å². The highest BCUT2D eigenvalue weighted by atomic mass is 35.5. The molecule has 0 radical (unpaired) electrons. The third-order valence-corrected chi connectivity index (χ3v) is 6.35. The highest BCUT2D eigenvalue weighted by Crippen LogP contribution is 2.42. The van der Waals surface area contributed by atoms with E-state index in [0.717, 1.165) is 36.5 Å². The van der Waals surface area contributed by atoms with Crippen LogP contribution in [0.4, 0.5) is 4.79 Å². The van der Waals surface area contributed by atoms with Gasteiger partial charge in [0, 0.05) is 24.0 Å². The molecular formula is C19H23ClN2O3. The van der Waals surface area contributed by atoms with Gasteiger partial charge in [-0.15, -0.1) is 0 Å². The Labute approximate surface area is 152 Å². The third-order valence-electron chi connectivity index (χ3n) is 5.94. The predicted octanol–water partition coefficient (Wildman–Crippen LogP) is 3.24. The van der Waals surface area contributed by atoms with Crippen molar-refractivity contribution in [1.82, 2.24) is 10.2 Å². The molecule has 4 rings (SSSR count). The van der Waals surface area contributed by atoms with Crippen molar-refractivity contribution in [3.63, 3.8) is 0 Å². The van der Waals surface area contributed by atoms with Crippen LogP contribution in [-0.2, 0) is 9.53 Å². The molecule has 2 amide bonds. The number of benzene rings is 1. The fourth-order valence-electron chi connectivity index (χ4n) is 4.32. The van der Waals surface area contributed by atoms with Crippen LogP contribution in [0.2, 0.25) is 5.02 Å². The van der Waals surface area contributed by atoms with Crippen molar-refractivity contribution >= 4 is 23.6 Å². The molecule has 5 nitrogen and oxygen atoms in total. The van der Waals surface area contributed by atoms with Gasteiger partial charge in [0.1, 0.15) is 6.61 Å². The smallest absolute Gasteiger partial charge is 0.407 e. The van der Waals surface area contributed by atoms with Crippen LogP contribution < -0.4 is 5.32 Å². The molecule has 3 aliphatic rings. The largest absolute Gasteiger partial charge is 0.447 e. The summed E-state index contributed by atoms with van der Waals surface area (Å²) in [5.41, 5.74) is 2.09. The van der Waals surface area contributed by atoms with E-state index in [1.807, 2.05) is 11.8 Å². The molecule has 1 saturated carbocycles. The summed E-state index contributed by atoms with van der Waals surface area (Å²) < 4.78 is 4.98. The van der Waals surface area contributed by atoms with Gasteiger partial charge in [-0.3, -0.25) is 4.79 Å². The minimum atomic E-state index is -0.358. The highest BCUT2D eigenvalue weighted by molar-refractivity contribution is 6.31. The lowest BCUT2D eigenvalue weighted by molar-refractivity contribution is -0.142. The Morgan fingerprint density at radius 1 is 1.32 bits per heavy atom. The van der Waals surface area contributed by atoms with Gasteiger partial charge < -0.3 is 15.0 Å². The quantitative estimate of drug-likeness (QED) is 0.878. The van der Waals surface area contributed by atoms with Gasteiger partial charge in [-0.25, -0.2) is 4.79 Å². The van der Waals surface area contributed by atoms with E-state index >= 15 is 0 Å². The summed E-state index contributed by atoms with van der Waals surface area (Å²) in [5.74, 6) is 0.719. The Morgan fingerprint density at radius 2 is 2.04 bits per heavy atom. The first-order chi connectivity index (χ1) is 12.0. The molecule has 0 aromatic heterocycles. The van der Waals surface area contributed by atoms with Crippen LogP contribution in [0.1, 0.15) is 42.7 Å². The second-order valence-corrected chi connectivity index (χ2v) is 8.10. The van der Waals surface area contributed by atoms with Crippen molar-refractivity contribution in [3.8, 4) is 0 Å². The van der Waals surface area contributed by atoms with Crippen molar-refractivity contribution in [2.75, 3.05) is 19.7 Å². The molecule has 3 fully saturated rings. The monoisotopic (exact) mass is 362 g/mol. The molecule has 0 atom stereocenters. The van der Waals surface area contributed by atoms with Gasteiger partial charge in [0.15, 0.2) is 0 Å². The molecular weight excluding hydrogens is 340 g/mol. The number of rotatable bonds is 2. The molecule has 2 aliphatic heterocycles. The van der Waals surface area contributed by atoms with E-state index in [-0.39, 0.29) is 23.5 Å². The maximum Gasteiger partial charge on any atom is 0.407 e. The molecule has 1 aromatic carbocycles. The molecule has 25 heavy (non-hydrogen) atoms. The number of hydrogen-bond donors (Lipinski definition) is 1. The zero-order chi connectivity index (χ0) is 17.6. The van der Waals surface area contributed by atoms with E-state index in [4.69, 9.17) is 16.3 Å². The van der Waals surface area contributed by atoms with E-state index in [2.05, 4.69) is 23.5 Å². The van der Waals surface area contributed by atoms with Crippen LogP contribution in [0.15, 0.2) is 18.2 Å². The number of carbonyl (C=O) groups excluding carboxylic acids is 2. The minimum Gasteiger partial charge on any atom is -0.447 e.